The summed E-state index contributed by atoms with van der Waals surface area (Å²) in [5, 5.41) is 6.11. The summed E-state index contributed by atoms with van der Waals surface area (Å²) >= 11 is 0. The van der Waals surface area contributed by atoms with Gasteiger partial charge in [-0.05, 0) is 49.7 Å². The number of hydrogen-bond donors (Lipinski definition) is 2. The Bertz CT molecular complexity index is 545. The standard InChI is InChI=1S/C16H19FN2O/c17-12-5-2-6-13(18-9-7-8-9)15(12)19-16(20)14-10-3-1-4-11(10)14/h2,5-6,9-11,14,18H,1,3-4,7-8H2,(H,19,20). The van der Waals surface area contributed by atoms with E-state index in [9.17, 15) is 9.18 Å². The summed E-state index contributed by atoms with van der Waals surface area (Å²) in [6, 6.07) is 5.36. The number of nitrogens with one attached hydrogen (secondary N) is 2. The maximum atomic E-state index is 14.0. The van der Waals surface area contributed by atoms with Crippen LogP contribution in [-0.4, -0.2) is 11.9 Å². The molecule has 0 aromatic heterocycles. The molecule has 0 saturated heterocycles. The first-order valence-electron chi connectivity index (χ1n) is 7.60. The fourth-order valence-corrected chi connectivity index (χ4v) is 3.64. The first kappa shape index (κ1) is 12.2. The van der Waals surface area contributed by atoms with Gasteiger partial charge in [-0.25, -0.2) is 4.39 Å². The predicted molar refractivity (Wildman–Crippen MR) is 76.0 cm³/mol. The second-order valence-electron chi connectivity index (χ2n) is 6.35. The highest BCUT2D eigenvalue weighted by atomic mass is 19.1. The molecule has 106 valence electrons. The average Bonchev–Trinajstić information content (AvgIpc) is 3.33. The molecule has 0 aliphatic heterocycles. The molecule has 3 fully saturated rings. The van der Waals surface area contributed by atoms with Crippen LogP contribution in [0.4, 0.5) is 15.8 Å². The summed E-state index contributed by atoms with van der Waals surface area (Å²) in [5.74, 6) is 0.888. The molecule has 3 saturated carbocycles. The van der Waals surface area contributed by atoms with Crippen molar-refractivity contribution >= 4 is 17.3 Å². The minimum atomic E-state index is -0.352. The number of hydrogen-bond acceptors (Lipinski definition) is 2. The largest absolute Gasteiger partial charge is 0.381 e. The number of amides is 1. The van der Waals surface area contributed by atoms with Crippen molar-refractivity contribution in [3.8, 4) is 0 Å². The van der Waals surface area contributed by atoms with Gasteiger partial charge in [0.1, 0.15) is 11.5 Å². The Kier molecular flexibility index (Phi) is 2.72. The zero-order valence-corrected chi connectivity index (χ0v) is 11.4. The molecular formula is C16H19FN2O. The van der Waals surface area contributed by atoms with Crippen molar-refractivity contribution in [2.75, 3.05) is 10.6 Å². The molecule has 3 nitrogen and oxygen atoms in total. The van der Waals surface area contributed by atoms with Crippen LogP contribution in [0.3, 0.4) is 0 Å². The van der Waals surface area contributed by atoms with Crippen LogP contribution >= 0.6 is 0 Å². The second kappa shape index (κ2) is 4.47. The van der Waals surface area contributed by atoms with Crippen molar-refractivity contribution in [3.63, 3.8) is 0 Å². The van der Waals surface area contributed by atoms with Crippen LogP contribution in [0.1, 0.15) is 32.1 Å². The van der Waals surface area contributed by atoms with E-state index >= 15 is 0 Å². The molecule has 2 N–H and O–H groups in total. The Morgan fingerprint density at radius 3 is 2.60 bits per heavy atom. The van der Waals surface area contributed by atoms with E-state index < -0.39 is 0 Å². The lowest BCUT2D eigenvalue weighted by Gasteiger charge is -2.14. The van der Waals surface area contributed by atoms with E-state index in [1.54, 1.807) is 6.07 Å². The van der Waals surface area contributed by atoms with Gasteiger partial charge in [-0.3, -0.25) is 4.79 Å². The van der Waals surface area contributed by atoms with E-state index in [0.29, 0.717) is 29.3 Å². The van der Waals surface area contributed by atoms with Crippen LogP contribution in [0, 0.1) is 23.6 Å². The number of carbonyl (C=O) groups excluding carboxylic acids is 1. The Labute approximate surface area is 117 Å². The van der Waals surface area contributed by atoms with Crippen molar-refractivity contribution < 1.29 is 9.18 Å². The fraction of sp³-hybridized carbons (Fsp3) is 0.562. The summed E-state index contributed by atoms with van der Waals surface area (Å²) in [7, 11) is 0. The molecule has 4 rings (SSSR count). The number of halogens is 1. The number of rotatable bonds is 4. The van der Waals surface area contributed by atoms with Crippen LogP contribution in [-0.2, 0) is 4.79 Å². The number of carbonyl (C=O) groups is 1. The van der Waals surface area contributed by atoms with Gasteiger partial charge in [-0.2, -0.15) is 0 Å². The monoisotopic (exact) mass is 274 g/mol. The zero-order valence-electron chi connectivity index (χ0n) is 11.4. The molecule has 3 aliphatic rings. The Morgan fingerprint density at radius 1 is 1.15 bits per heavy atom. The van der Waals surface area contributed by atoms with Crippen molar-refractivity contribution in [3.05, 3.63) is 24.0 Å². The minimum absolute atomic E-state index is 0.00338. The van der Waals surface area contributed by atoms with Crippen LogP contribution < -0.4 is 10.6 Å². The number of anilines is 2. The molecule has 2 unspecified atom stereocenters. The van der Waals surface area contributed by atoms with Gasteiger partial charge in [0.25, 0.3) is 0 Å². The number of fused-ring (bicyclic) bond motifs is 1. The fourth-order valence-electron chi connectivity index (χ4n) is 3.64. The van der Waals surface area contributed by atoms with Gasteiger partial charge in [-0.15, -0.1) is 0 Å². The Hall–Kier alpha value is -1.58. The summed E-state index contributed by atoms with van der Waals surface area (Å²) in [6.45, 7) is 0. The lowest BCUT2D eigenvalue weighted by molar-refractivity contribution is -0.118. The third kappa shape index (κ3) is 2.07. The van der Waals surface area contributed by atoms with Crippen LogP contribution in [0.15, 0.2) is 18.2 Å². The lowest BCUT2D eigenvalue weighted by atomic mass is 10.1. The normalized spacial score (nSPS) is 30.8. The van der Waals surface area contributed by atoms with Gasteiger partial charge >= 0.3 is 0 Å². The molecule has 0 heterocycles. The Balaban J connectivity index is 1.51. The Morgan fingerprint density at radius 2 is 1.90 bits per heavy atom. The smallest absolute Gasteiger partial charge is 0.228 e. The molecule has 2 atom stereocenters. The average molecular weight is 274 g/mol. The highest BCUT2D eigenvalue weighted by molar-refractivity contribution is 5.97. The van der Waals surface area contributed by atoms with Crippen molar-refractivity contribution in [2.24, 2.45) is 17.8 Å². The molecule has 1 amide bonds. The van der Waals surface area contributed by atoms with Gasteiger partial charge in [0, 0.05) is 12.0 Å². The van der Waals surface area contributed by atoms with Gasteiger partial charge in [0.05, 0.1) is 5.69 Å². The van der Waals surface area contributed by atoms with Crippen LogP contribution in [0.25, 0.3) is 0 Å². The summed E-state index contributed by atoms with van der Waals surface area (Å²) < 4.78 is 14.0. The van der Waals surface area contributed by atoms with Gasteiger partial charge in [-0.1, -0.05) is 12.5 Å². The molecule has 0 bridgehead atoms. The zero-order chi connectivity index (χ0) is 13.7. The van der Waals surface area contributed by atoms with E-state index in [-0.39, 0.29) is 17.6 Å². The van der Waals surface area contributed by atoms with Gasteiger partial charge < -0.3 is 10.6 Å². The summed E-state index contributed by atoms with van der Waals surface area (Å²) in [4.78, 5) is 12.3. The second-order valence-corrected chi connectivity index (χ2v) is 6.35. The molecular weight excluding hydrogens is 255 g/mol. The molecule has 20 heavy (non-hydrogen) atoms. The molecule has 1 aromatic rings. The molecule has 0 radical (unpaired) electrons. The van der Waals surface area contributed by atoms with E-state index in [0.717, 1.165) is 25.7 Å². The summed E-state index contributed by atoms with van der Waals surface area (Å²) in [5.41, 5.74) is 1.04. The van der Waals surface area contributed by atoms with E-state index in [2.05, 4.69) is 10.6 Å². The third-order valence-corrected chi connectivity index (χ3v) is 4.91. The molecule has 0 spiro atoms. The third-order valence-electron chi connectivity index (χ3n) is 4.91. The summed E-state index contributed by atoms with van der Waals surface area (Å²) in [6.07, 6.45) is 5.81. The van der Waals surface area contributed by atoms with Crippen LogP contribution in [0.5, 0.6) is 0 Å². The molecule has 3 aliphatic carbocycles. The quantitative estimate of drug-likeness (QED) is 0.883. The number of para-hydroxylation sites is 1. The maximum absolute atomic E-state index is 14.0. The first-order valence-corrected chi connectivity index (χ1v) is 7.60. The SMILES string of the molecule is O=C(Nc1c(F)cccc1NC1CC1)C1C2CCCC21. The maximum Gasteiger partial charge on any atom is 0.228 e. The highest BCUT2D eigenvalue weighted by Gasteiger charge is 2.56. The van der Waals surface area contributed by atoms with E-state index in [4.69, 9.17) is 0 Å². The first-order chi connectivity index (χ1) is 9.74. The van der Waals surface area contributed by atoms with Crippen molar-refractivity contribution in [2.45, 2.75) is 38.1 Å². The van der Waals surface area contributed by atoms with E-state index in [1.807, 2.05) is 6.07 Å². The van der Waals surface area contributed by atoms with Gasteiger partial charge in [0.15, 0.2) is 0 Å². The molecule has 1 aromatic carbocycles. The van der Waals surface area contributed by atoms with Crippen molar-refractivity contribution in [1.82, 2.24) is 0 Å². The van der Waals surface area contributed by atoms with Crippen molar-refractivity contribution in [1.29, 1.82) is 0 Å². The van der Waals surface area contributed by atoms with Gasteiger partial charge in [0.2, 0.25) is 5.91 Å². The topological polar surface area (TPSA) is 41.1 Å². The predicted octanol–water partition coefficient (Wildman–Crippen LogP) is 3.38. The highest BCUT2D eigenvalue weighted by Crippen LogP contribution is 2.57. The van der Waals surface area contributed by atoms with Crippen LogP contribution in [0.2, 0.25) is 0 Å². The number of benzene rings is 1. The lowest BCUT2D eigenvalue weighted by Crippen LogP contribution is -2.19. The molecule has 4 heteroatoms. The minimum Gasteiger partial charge on any atom is -0.381 e. The van der Waals surface area contributed by atoms with E-state index in [1.165, 1.54) is 12.5 Å².